The first-order chi connectivity index (χ1) is 11.2. The zero-order valence-electron chi connectivity index (χ0n) is 13.0. The van der Waals surface area contributed by atoms with Gasteiger partial charge < -0.3 is 5.11 Å². The molecule has 0 atom stereocenters. The van der Waals surface area contributed by atoms with Gasteiger partial charge in [-0.2, -0.15) is 0 Å². The summed E-state index contributed by atoms with van der Waals surface area (Å²) in [6, 6.07) is 21.6. The summed E-state index contributed by atoms with van der Waals surface area (Å²) in [5, 5.41) is 11.7. The number of carboxylic acids is 1. The molecule has 0 bridgehead atoms. The number of fused-ring (bicyclic) bond motifs is 1. The van der Waals surface area contributed by atoms with Gasteiger partial charge in [0.15, 0.2) is 0 Å². The predicted octanol–water partition coefficient (Wildman–Crippen LogP) is 5.03. The fourth-order valence-corrected chi connectivity index (χ4v) is 2.73. The van der Waals surface area contributed by atoms with Crippen LogP contribution in [0.4, 0.5) is 0 Å². The van der Waals surface area contributed by atoms with Crippen molar-refractivity contribution >= 4 is 28.4 Å². The van der Waals surface area contributed by atoms with E-state index in [1.54, 1.807) is 6.08 Å². The smallest absolute Gasteiger partial charge is 0.336 e. The third kappa shape index (κ3) is 3.16. The maximum absolute atomic E-state index is 11.8. The fourth-order valence-electron chi connectivity index (χ4n) is 2.73. The number of carboxylic acid groups (broad SMARTS) is 1. The monoisotopic (exact) mass is 302 g/mol. The Hall–Kier alpha value is -2.87. The number of hydrogen-bond donors (Lipinski definition) is 1. The van der Waals surface area contributed by atoms with Gasteiger partial charge in [-0.05, 0) is 40.0 Å². The van der Waals surface area contributed by atoms with Crippen molar-refractivity contribution in [2.45, 2.75) is 13.3 Å². The zero-order chi connectivity index (χ0) is 16.2. The lowest BCUT2D eigenvalue weighted by Gasteiger charge is -2.08. The zero-order valence-corrected chi connectivity index (χ0v) is 13.0. The highest BCUT2D eigenvalue weighted by atomic mass is 16.4. The van der Waals surface area contributed by atoms with Gasteiger partial charge in [-0.3, -0.25) is 0 Å². The second kappa shape index (κ2) is 6.49. The van der Waals surface area contributed by atoms with Crippen LogP contribution >= 0.6 is 0 Å². The highest BCUT2D eigenvalue weighted by Crippen LogP contribution is 2.27. The molecule has 0 saturated carbocycles. The molecule has 1 N–H and O–H groups in total. The van der Waals surface area contributed by atoms with E-state index in [1.165, 1.54) is 5.56 Å². The van der Waals surface area contributed by atoms with Gasteiger partial charge >= 0.3 is 5.97 Å². The van der Waals surface area contributed by atoms with Gasteiger partial charge in [0.05, 0.1) is 5.57 Å². The maximum atomic E-state index is 11.8. The van der Waals surface area contributed by atoms with Crippen LogP contribution in [0.3, 0.4) is 0 Å². The first-order valence-electron chi connectivity index (χ1n) is 7.71. The Morgan fingerprint density at radius 3 is 2.35 bits per heavy atom. The number of aliphatic carboxylic acids is 1. The molecule has 114 valence electrons. The van der Waals surface area contributed by atoms with Crippen LogP contribution in [-0.4, -0.2) is 11.1 Å². The number of rotatable bonds is 4. The second-order valence-electron chi connectivity index (χ2n) is 5.49. The molecular formula is C21H18O2. The Balaban J connectivity index is 2.14. The van der Waals surface area contributed by atoms with Crippen LogP contribution in [0.5, 0.6) is 0 Å². The molecule has 3 rings (SSSR count). The fraction of sp³-hybridized carbons (Fsp3) is 0.0952. The molecular weight excluding hydrogens is 284 g/mol. The normalized spacial score (nSPS) is 11.6. The minimum atomic E-state index is -0.916. The summed E-state index contributed by atoms with van der Waals surface area (Å²) < 4.78 is 0. The van der Waals surface area contributed by atoms with Crippen LogP contribution in [0.25, 0.3) is 22.4 Å². The summed E-state index contributed by atoms with van der Waals surface area (Å²) in [6.07, 6.45) is 2.71. The van der Waals surface area contributed by atoms with Gasteiger partial charge in [0.2, 0.25) is 0 Å². The Kier molecular flexibility index (Phi) is 4.24. The van der Waals surface area contributed by atoms with Gasteiger partial charge in [0, 0.05) is 0 Å². The van der Waals surface area contributed by atoms with Crippen molar-refractivity contribution in [2.75, 3.05) is 0 Å². The van der Waals surface area contributed by atoms with Crippen molar-refractivity contribution in [1.29, 1.82) is 0 Å². The molecule has 0 aliphatic heterocycles. The number of aryl methyl sites for hydroxylation is 1. The second-order valence-corrected chi connectivity index (χ2v) is 5.49. The number of benzene rings is 3. The Bertz CT molecular complexity index is 868. The van der Waals surface area contributed by atoms with E-state index >= 15 is 0 Å². The van der Waals surface area contributed by atoms with Crippen LogP contribution < -0.4 is 0 Å². The lowest BCUT2D eigenvalue weighted by atomic mass is 9.96. The lowest BCUT2D eigenvalue weighted by molar-refractivity contribution is -0.130. The molecule has 0 aliphatic carbocycles. The van der Waals surface area contributed by atoms with Crippen LogP contribution in [0, 0.1) is 0 Å². The third-order valence-electron chi connectivity index (χ3n) is 4.01. The van der Waals surface area contributed by atoms with E-state index < -0.39 is 5.97 Å². The van der Waals surface area contributed by atoms with E-state index in [9.17, 15) is 9.90 Å². The maximum Gasteiger partial charge on any atom is 0.336 e. The molecule has 0 fully saturated rings. The van der Waals surface area contributed by atoms with Gasteiger partial charge in [0.1, 0.15) is 0 Å². The van der Waals surface area contributed by atoms with Crippen LogP contribution in [0.1, 0.15) is 23.6 Å². The highest BCUT2D eigenvalue weighted by Gasteiger charge is 2.13. The summed E-state index contributed by atoms with van der Waals surface area (Å²) in [6.45, 7) is 2.10. The summed E-state index contributed by atoms with van der Waals surface area (Å²) >= 11 is 0. The first-order valence-corrected chi connectivity index (χ1v) is 7.71. The molecule has 3 aromatic carbocycles. The summed E-state index contributed by atoms with van der Waals surface area (Å²) in [4.78, 5) is 11.8. The average molecular weight is 302 g/mol. The van der Waals surface area contributed by atoms with Crippen molar-refractivity contribution in [3.05, 3.63) is 83.4 Å². The molecule has 0 aliphatic rings. The Morgan fingerprint density at radius 2 is 1.65 bits per heavy atom. The van der Waals surface area contributed by atoms with Gasteiger partial charge in [-0.15, -0.1) is 0 Å². The number of carbonyl (C=O) groups is 1. The standard InChI is InChI=1S/C21H18O2/c1-2-15-10-12-16(13-11-15)14-20(21(22)23)19-9-5-7-17-6-3-4-8-18(17)19/h3-14H,2H2,1H3,(H,22,23)/b20-14-. The molecule has 0 heterocycles. The molecule has 2 heteroatoms. The van der Waals surface area contributed by atoms with E-state index in [1.807, 2.05) is 66.7 Å². The average Bonchev–Trinajstić information content (AvgIpc) is 2.59. The van der Waals surface area contributed by atoms with Crippen molar-refractivity contribution < 1.29 is 9.90 Å². The van der Waals surface area contributed by atoms with Crippen molar-refractivity contribution in [3.63, 3.8) is 0 Å². The SMILES string of the molecule is CCc1ccc(/C=C(\C(=O)O)c2cccc3ccccc23)cc1. The van der Waals surface area contributed by atoms with Crippen molar-refractivity contribution in [3.8, 4) is 0 Å². The van der Waals surface area contributed by atoms with Gasteiger partial charge in [-0.1, -0.05) is 73.7 Å². The molecule has 2 nitrogen and oxygen atoms in total. The Labute approximate surface area is 135 Å². The van der Waals surface area contributed by atoms with Crippen molar-refractivity contribution in [2.24, 2.45) is 0 Å². The van der Waals surface area contributed by atoms with E-state index in [2.05, 4.69) is 6.92 Å². The van der Waals surface area contributed by atoms with Crippen LogP contribution in [-0.2, 0) is 11.2 Å². The summed E-state index contributed by atoms with van der Waals surface area (Å²) in [5.74, 6) is -0.916. The minimum Gasteiger partial charge on any atom is -0.478 e. The van der Waals surface area contributed by atoms with Crippen molar-refractivity contribution in [1.82, 2.24) is 0 Å². The molecule has 0 saturated heterocycles. The molecule has 3 aromatic rings. The summed E-state index contributed by atoms with van der Waals surface area (Å²) in [5.41, 5.74) is 3.19. The van der Waals surface area contributed by atoms with Gasteiger partial charge in [-0.25, -0.2) is 4.79 Å². The van der Waals surface area contributed by atoms with Gasteiger partial charge in [0.25, 0.3) is 0 Å². The highest BCUT2D eigenvalue weighted by molar-refractivity contribution is 6.23. The van der Waals surface area contributed by atoms with Crippen LogP contribution in [0.15, 0.2) is 66.7 Å². The molecule has 0 spiro atoms. The Morgan fingerprint density at radius 1 is 0.957 bits per heavy atom. The summed E-state index contributed by atoms with van der Waals surface area (Å²) in [7, 11) is 0. The van der Waals surface area contributed by atoms with E-state index in [4.69, 9.17) is 0 Å². The molecule has 0 amide bonds. The largest absolute Gasteiger partial charge is 0.478 e. The molecule has 0 unspecified atom stereocenters. The van der Waals surface area contributed by atoms with E-state index in [0.717, 1.165) is 28.3 Å². The molecule has 23 heavy (non-hydrogen) atoms. The van der Waals surface area contributed by atoms with E-state index in [0.29, 0.717) is 5.57 Å². The quantitative estimate of drug-likeness (QED) is 0.542. The predicted molar refractivity (Wildman–Crippen MR) is 95.3 cm³/mol. The van der Waals surface area contributed by atoms with E-state index in [-0.39, 0.29) is 0 Å². The topological polar surface area (TPSA) is 37.3 Å². The number of hydrogen-bond acceptors (Lipinski definition) is 1. The minimum absolute atomic E-state index is 0.311. The van der Waals surface area contributed by atoms with Crippen LogP contribution in [0.2, 0.25) is 0 Å². The third-order valence-corrected chi connectivity index (χ3v) is 4.01. The molecule has 0 radical (unpaired) electrons. The lowest BCUT2D eigenvalue weighted by Crippen LogP contribution is -2.00. The molecule has 0 aromatic heterocycles. The first kappa shape index (κ1) is 15.0.